The molecule has 0 N–H and O–H groups in total. The molecule has 0 heterocycles. The lowest BCUT2D eigenvalue weighted by molar-refractivity contribution is -0.148. The van der Waals surface area contributed by atoms with Crippen molar-refractivity contribution in [3.8, 4) is 0 Å². The van der Waals surface area contributed by atoms with Crippen molar-refractivity contribution in [2.75, 3.05) is 26.0 Å². The van der Waals surface area contributed by atoms with Crippen LogP contribution >= 0.6 is 7.60 Å². The van der Waals surface area contributed by atoms with E-state index in [2.05, 4.69) is 0 Å². The van der Waals surface area contributed by atoms with Crippen molar-refractivity contribution in [1.29, 1.82) is 0 Å². The molecule has 0 rings (SSSR count). The highest BCUT2D eigenvalue weighted by atomic mass is 31.2. The van der Waals surface area contributed by atoms with Gasteiger partial charge in [0.2, 0.25) is 0 Å². The van der Waals surface area contributed by atoms with Gasteiger partial charge in [-0.05, 0) is 20.8 Å². The zero-order chi connectivity index (χ0) is 13.3. The van der Waals surface area contributed by atoms with Crippen LogP contribution in [-0.4, -0.2) is 38.2 Å². The number of hydrogen-bond acceptors (Lipinski definition) is 6. The van der Waals surface area contributed by atoms with E-state index in [1.807, 2.05) is 0 Å². The van der Waals surface area contributed by atoms with Gasteiger partial charge in [-0.3, -0.25) is 9.36 Å². The van der Waals surface area contributed by atoms with Crippen LogP contribution in [0.4, 0.5) is 0 Å². The zero-order valence-electron chi connectivity index (χ0n) is 10.4. The molecule has 1 atom stereocenters. The molecular weight excluding hydrogens is 247 g/mol. The molecule has 0 amide bonds. The van der Waals surface area contributed by atoms with Crippen molar-refractivity contribution in [3.63, 3.8) is 0 Å². The summed E-state index contributed by atoms with van der Waals surface area (Å²) in [7, 11) is -3.40. The van der Waals surface area contributed by atoms with Crippen molar-refractivity contribution in [1.82, 2.24) is 0 Å². The summed E-state index contributed by atoms with van der Waals surface area (Å²) >= 11 is 0. The number of rotatable bonds is 9. The minimum atomic E-state index is -3.40. The predicted molar refractivity (Wildman–Crippen MR) is 61.9 cm³/mol. The average Bonchev–Trinajstić information content (AvgIpc) is 2.27. The molecule has 0 saturated carbocycles. The smallest absolute Gasteiger partial charge is 0.331 e. The summed E-state index contributed by atoms with van der Waals surface area (Å²) in [5.41, 5.74) is 0. The van der Waals surface area contributed by atoms with Crippen molar-refractivity contribution < 1.29 is 27.9 Å². The van der Waals surface area contributed by atoms with E-state index in [0.717, 1.165) is 0 Å². The van der Waals surface area contributed by atoms with Gasteiger partial charge in [0, 0.05) is 0 Å². The van der Waals surface area contributed by atoms with Gasteiger partial charge in [-0.15, -0.1) is 0 Å². The molecule has 0 aliphatic heterocycles. The van der Waals surface area contributed by atoms with Gasteiger partial charge in [-0.1, -0.05) is 0 Å². The standard InChI is InChI=1S/C10H19O6P/c1-4-14-10(12)9(7-11)8-17(13,15-5-2)16-6-3/h7,9H,4-6,8H2,1-3H3. The van der Waals surface area contributed by atoms with E-state index in [1.165, 1.54) is 0 Å². The summed E-state index contributed by atoms with van der Waals surface area (Å²) in [6.45, 7) is 5.48. The SMILES string of the molecule is CCOC(=O)C(C=O)CP(=O)(OCC)OCC. The first-order chi connectivity index (χ1) is 8.02. The zero-order valence-corrected chi connectivity index (χ0v) is 11.3. The van der Waals surface area contributed by atoms with Crippen molar-refractivity contribution >= 4 is 19.9 Å². The predicted octanol–water partition coefficient (Wildman–Crippen LogP) is 1.63. The van der Waals surface area contributed by atoms with Gasteiger partial charge in [0.25, 0.3) is 0 Å². The van der Waals surface area contributed by atoms with Crippen LogP contribution in [0.25, 0.3) is 0 Å². The molecular formula is C10H19O6P. The number of carbonyl (C=O) groups excluding carboxylic acids is 2. The molecule has 100 valence electrons. The van der Waals surface area contributed by atoms with Gasteiger partial charge < -0.3 is 18.6 Å². The Bertz CT molecular complexity index is 281. The molecule has 7 heteroatoms. The summed E-state index contributed by atoms with van der Waals surface area (Å²) in [5.74, 6) is -1.82. The molecule has 0 fully saturated rings. The highest BCUT2D eigenvalue weighted by Gasteiger charge is 2.33. The Labute approximate surface area is 101 Å². The maximum atomic E-state index is 12.1. The summed E-state index contributed by atoms with van der Waals surface area (Å²) in [6, 6.07) is 0. The molecule has 0 bridgehead atoms. The van der Waals surface area contributed by atoms with Crippen LogP contribution in [-0.2, 0) is 27.9 Å². The topological polar surface area (TPSA) is 78.9 Å². The minimum absolute atomic E-state index is 0.163. The Balaban J connectivity index is 4.64. The van der Waals surface area contributed by atoms with Crippen LogP contribution in [0.2, 0.25) is 0 Å². The molecule has 0 radical (unpaired) electrons. The van der Waals surface area contributed by atoms with Gasteiger partial charge in [0.1, 0.15) is 12.2 Å². The summed E-state index contributed by atoms with van der Waals surface area (Å²) in [6.07, 6.45) is 0.125. The van der Waals surface area contributed by atoms with E-state index < -0.39 is 19.5 Å². The Kier molecular flexibility index (Phi) is 8.04. The number of hydrogen-bond donors (Lipinski definition) is 0. The third-order valence-corrected chi connectivity index (χ3v) is 3.97. The lowest BCUT2D eigenvalue weighted by Crippen LogP contribution is -2.23. The third-order valence-electron chi connectivity index (χ3n) is 1.83. The Hall–Kier alpha value is -0.710. The largest absolute Gasteiger partial charge is 0.465 e. The van der Waals surface area contributed by atoms with Gasteiger partial charge >= 0.3 is 13.6 Å². The van der Waals surface area contributed by atoms with Crippen LogP contribution in [0.15, 0.2) is 0 Å². The second-order valence-corrected chi connectivity index (χ2v) is 5.23. The molecule has 0 aliphatic rings. The second-order valence-electron chi connectivity index (χ2n) is 3.12. The van der Waals surface area contributed by atoms with Crippen LogP contribution in [0, 0.1) is 5.92 Å². The fourth-order valence-electron chi connectivity index (χ4n) is 1.20. The van der Waals surface area contributed by atoms with E-state index in [9.17, 15) is 14.2 Å². The maximum Gasteiger partial charge on any atom is 0.331 e. The summed E-state index contributed by atoms with van der Waals surface area (Å²) in [4.78, 5) is 22.1. The fourth-order valence-corrected chi connectivity index (χ4v) is 2.99. The fraction of sp³-hybridized carbons (Fsp3) is 0.800. The first-order valence-electron chi connectivity index (χ1n) is 5.53. The van der Waals surface area contributed by atoms with E-state index in [4.69, 9.17) is 13.8 Å². The highest BCUT2D eigenvalue weighted by molar-refractivity contribution is 7.53. The van der Waals surface area contributed by atoms with Crippen molar-refractivity contribution in [2.24, 2.45) is 5.92 Å². The number of ether oxygens (including phenoxy) is 1. The van der Waals surface area contributed by atoms with Crippen molar-refractivity contribution in [3.05, 3.63) is 0 Å². The molecule has 0 aromatic rings. The molecule has 0 aromatic carbocycles. The molecule has 0 saturated heterocycles. The maximum absolute atomic E-state index is 12.1. The molecule has 6 nitrogen and oxygen atoms in total. The van der Waals surface area contributed by atoms with Crippen molar-refractivity contribution in [2.45, 2.75) is 20.8 Å². The van der Waals surface area contributed by atoms with Crippen LogP contribution in [0.3, 0.4) is 0 Å². The molecule has 0 aliphatic carbocycles. The van der Waals surface area contributed by atoms with Gasteiger partial charge in [-0.25, -0.2) is 0 Å². The van der Waals surface area contributed by atoms with E-state index in [0.29, 0.717) is 6.29 Å². The van der Waals surface area contributed by atoms with Crippen LogP contribution < -0.4 is 0 Å². The first-order valence-corrected chi connectivity index (χ1v) is 7.25. The molecule has 0 aromatic heterocycles. The second kappa shape index (κ2) is 8.39. The number of aldehydes is 1. The number of carbonyl (C=O) groups is 2. The van der Waals surface area contributed by atoms with E-state index in [1.54, 1.807) is 20.8 Å². The third kappa shape index (κ3) is 5.96. The lowest BCUT2D eigenvalue weighted by Gasteiger charge is -2.19. The van der Waals surface area contributed by atoms with Crippen LogP contribution in [0.5, 0.6) is 0 Å². The normalized spacial score (nSPS) is 13.1. The minimum Gasteiger partial charge on any atom is -0.465 e. The monoisotopic (exact) mass is 266 g/mol. The van der Waals surface area contributed by atoms with Crippen LogP contribution in [0.1, 0.15) is 20.8 Å². The van der Waals surface area contributed by atoms with Gasteiger partial charge in [0.15, 0.2) is 0 Å². The molecule has 1 unspecified atom stereocenters. The number of esters is 1. The highest BCUT2D eigenvalue weighted by Crippen LogP contribution is 2.49. The Morgan fingerprint density at radius 3 is 2.06 bits per heavy atom. The Morgan fingerprint density at radius 2 is 1.71 bits per heavy atom. The van der Waals surface area contributed by atoms with Gasteiger partial charge in [-0.2, -0.15) is 0 Å². The Morgan fingerprint density at radius 1 is 1.18 bits per heavy atom. The van der Waals surface area contributed by atoms with Gasteiger partial charge in [0.05, 0.1) is 26.0 Å². The average molecular weight is 266 g/mol. The summed E-state index contributed by atoms with van der Waals surface area (Å²) < 4.78 is 26.8. The molecule has 0 spiro atoms. The quantitative estimate of drug-likeness (QED) is 0.273. The lowest BCUT2D eigenvalue weighted by atomic mass is 10.2. The van der Waals surface area contributed by atoms with E-state index >= 15 is 0 Å². The summed E-state index contributed by atoms with van der Waals surface area (Å²) in [5, 5.41) is 0. The first kappa shape index (κ1) is 16.3. The molecule has 17 heavy (non-hydrogen) atoms. The van der Waals surface area contributed by atoms with E-state index in [-0.39, 0.29) is 26.0 Å².